The van der Waals surface area contributed by atoms with Gasteiger partial charge in [0.1, 0.15) is 12.1 Å². The summed E-state index contributed by atoms with van der Waals surface area (Å²) in [7, 11) is 1.81. The summed E-state index contributed by atoms with van der Waals surface area (Å²) in [5.41, 5.74) is 0.575. The van der Waals surface area contributed by atoms with E-state index in [2.05, 4.69) is 26.5 Å². The molecule has 16 heavy (non-hydrogen) atoms. The summed E-state index contributed by atoms with van der Waals surface area (Å²) in [5, 5.41) is 15.9. The molecule has 0 aliphatic rings. The van der Waals surface area contributed by atoms with Crippen molar-refractivity contribution in [3.63, 3.8) is 0 Å². The Labute approximate surface area is 92.6 Å². The fourth-order valence-corrected chi connectivity index (χ4v) is 1.23. The molecule has 2 rings (SSSR count). The largest absolute Gasteiger partial charge is 0.363 e. The summed E-state index contributed by atoms with van der Waals surface area (Å²) in [6, 6.07) is 5.39. The summed E-state index contributed by atoms with van der Waals surface area (Å²) >= 11 is 0. The zero-order valence-corrected chi connectivity index (χ0v) is 8.75. The first-order valence-electron chi connectivity index (χ1n) is 4.72. The lowest BCUT2D eigenvalue weighted by Gasteiger charge is -2.01. The van der Waals surface area contributed by atoms with Gasteiger partial charge >= 0.3 is 0 Å². The second kappa shape index (κ2) is 4.40. The monoisotopic (exact) mass is 214 g/mol. The molecule has 0 aliphatic heterocycles. The second-order valence-corrected chi connectivity index (χ2v) is 3.23. The minimum Gasteiger partial charge on any atom is -0.363 e. The van der Waals surface area contributed by atoms with Crippen LogP contribution in [0.2, 0.25) is 0 Å². The SMILES string of the molecule is Cn1cnc(CNc2cc(C#N)ccn2)n1. The smallest absolute Gasteiger partial charge is 0.169 e. The van der Waals surface area contributed by atoms with Crippen molar-refractivity contribution in [1.82, 2.24) is 19.7 Å². The third-order valence-electron chi connectivity index (χ3n) is 1.96. The summed E-state index contributed by atoms with van der Waals surface area (Å²) < 4.78 is 1.64. The predicted octanol–water partition coefficient (Wildman–Crippen LogP) is 0.694. The highest BCUT2D eigenvalue weighted by molar-refractivity contribution is 5.42. The molecule has 6 heteroatoms. The topological polar surface area (TPSA) is 79.4 Å². The molecule has 0 amide bonds. The number of hydrogen-bond donors (Lipinski definition) is 1. The maximum Gasteiger partial charge on any atom is 0.169 e. The van der Waals surface area contributed by atoms with Crippen LogP contribution in [0.3, 0.4) is 0 Å². The highest BCUT2D eigenvalue weighted by Crippen LogP contribution is 2.06. The fourth-order valence-electron chi connectivity index (χ4n) is 1.23. The molecule has 0 spiro atoms. The van der Waals surface area contributed by atoms with Crippen molar-refractivity contribution in [3.05, 3.63) is 36.0 Å². The van der Waals surface area contributed by atoms with Crippen molar-refractivity contribution in [1.29, 1.82) is 5.26 Å². The number of nitrogens with one attached hydrogen (secondary N) is 1. The maximum absolute atomic E-state index is 8.72. The first kappa shape index (κ1) is 10.1. The van der Waals surface area contributed by atoms with Crippen molar-refractivity contribution >= 4 is 5.82 Å². The molecular formula is C10H10N6. The Morgan fingerprint density at radius 1 is 1.50 bits per heavy atom. The molecule has 0 fully saturated rings. The first-order chi connectivity index (χ1) is 7.78. The van der Waals surface area contributed by atoms with Crippen LogP contribution in [0.15, 0.2) is 24.7 Å². The third kappa shape index (κ3) is 2.33. The summed E-state index contributed by atoms with van der Waals surface area (Å²) in [5.74, 6) is 1.33. The summed E-state index contributed by atoms with van der Waals surface area (Å²) in [6.07, 6.45) is 3.23. The number of aromatic nitrogens is 4. The van der Waals surface area contributed by atoms with Gasteiger partial charge in [0.2, 0.25) is 0 Å². The van der Waals surface area contributed by atoms with Gasteiger partial charge in [0.25, 0.3) is 0 Å². The zero-order valence-electron chi connectivity index (χ0n) is 8.75. The van der Waals surface area contributed by atoms with Gasteiger partial charge in [-0.2, -0.15) is 10.4 Å². The van der Waals surface area contributed by atoms with Gasteiger partial charge in [-0.25, -0.2) is 9.97 Å². The molecule has 2 aromatic rings. The van der Waals surface area contributed by atoms with Gasteiger partial charge in [-0.15, -0.1) is 0 Å². The van der Waals surface area contributed by atoms with Crippen molar-refractivity contribution in [2.24, 2.45) is 7.05 Å². The molecule has 0 radical (unpaired) electrons. The van der Waals surface area contributed by atoms with Crippen molar-refractivity contribution in [2.45, 2.75) is 6.54 Å². The standard InChI is InChI=1S/C10H10N6/c1-16-7-14-10(15-16)6-13-9-4-8(5-11)2-3-12-9/h2-4,7H,6H2,1H3,(H,12,13). The third-order valence-corrected chi connectivity index (χ3v) is 1.96. The molecule has 0 atom stereocenters. The average Bonchev–Trinajstić information content (AvgIpc) is 2.73. The normalized spacial score (nSPS) is 9.75. The molecule has 0 aromatic carbocycles. The van der Waals surface area contributed by atoms with E-state index in [0.717, 1.165) is 0 Å². The van der Waals surface area contributed by atoms with Crippen LogP contribution in [0, 0.1) is 11.3 Å². The Kier molecular flexibility index (Phi) is 2.78. The van der Waals surface area contributed by atoms with E-state index in [0.29, 0.717) is 23.8 Å². The molecular weight excluding hydrogens is 204 g/mol. The lowest BCUT2D eigenvalue weighted by molar-refractivity contribution is 0.747. The first-order valence-corrected chi connectivity index (χ1v) is 4.72. The fraction of sp³-hybridized carbons (Fsp3) is 0.200. The number of nitriles is 1. The lowest BCUT2D eigenvalue weighted by atomic mass is 10.3. The average molecular weight is 214 g/mol. The number of pyridine rings is 1. The van der Waals surface area contributed by atoms with Gasteiger partial charge in [0.15, 0.2) is 5.82 Å². The zero-order chi connectivity index (χ0) is 11.4. The van der Waals surface area contributed by atoms with Crippen molar-refractivity contribution in [2.75, 3.05) is 5.32 Å². The number of hydrogen-bond acceptors (Lipinski definition) is 5. The highest BCUT2D eigenvalue weighted by Gasteiger charge is 2.00. The van der Waals surface area contributed by atoms with Gasteiger partial charge in [-0.3, -0.25) is 4.68 Å². The molecule has 2 heterocycles. The van der Waals surface area contributed by atoms with E-state index in [4.69, 9.17) is 5.26 Å². The molecule has 80 valence electrons. The molecule has 1 N–H and O–H groups in total. The van der Waals surface area contributed by atoms with Crippen LogP contribution in [0.5, 0.6) is 0 Å². The van der Waals surface area contributed by atoms with E-state index in [1.165, 1.54) is 0 Å². The maximum atomic E-state index is 8.72. The Bertz CT molecular complexity index is 524. The van der Waals surface area contributed by atoms with Crippen LogP contribution >= 0.6 is 0 Å². The highest BCUT2D eigenvalue weighted by atomic mass is 15.3. The molecule has 6 nitrogen and oxygen atoms in total. The van der Waals surface area contributed by atoms with Crippen molar-refractivity contribution in [3.8, 4) is 6.07 Å². The molecule has 0 unspecified atom stereocenters. The minimum atomic E-state index is 0.489. The van der Waals surface area contributed by atoms with E-state index in [9.17, 15) is 0 Å². The molecule has 0 aliphatic carbocycles. The van der Waals surface area contributed by atoms with E-state index in [1.807, 2.05) is 7.05 Å². The molecule has 2 aromatic heterocycles. The van der Waals surface area contributed by atoms with Gasteiger partial charge < -0.3 is 5.32 Å². The minimum absolute atomic E-state index is 0.489. The second-order valence-electron chi connectivity index (χ2n) is 3.23. The number of aryl methyl sites for hydroxylation is 1. The van der Waals surface area contributed by atoms with Crippen LogP contribution in [-0.2, 0) is 13.6 Å². The van der Waals surface area contributed by atoms with E-state index in [1.54, 1.807) is 29.3 Å². The molecule has 0 saturated heterocycles. The molecule has 0 bridgehead atoms. The quantitative estimate of drug-likeness (QED) is 0.813. The Balaban J connectivity index is 2.02. The van der Waals surface area contributed by atoms with Gasteiger partial charge in [-0.1, -0.05) is 0 Å². The van der Waals surface area contributed by atoms with Crippen LogP contribution in [0.25, 0.3) is 0 Å². The Morgan fingerprint density at radius 2 is 2.38 bits per heavy atom. The van der Waals surface area contributed by atoms with Crippen LogP contribution < -0.4 is 5.32 Å². The number of nitrogens with zero attached hydrogens (tertiary/aromatic N) is 5. The predicted molar refractivity (Wildman–Crippen MR) is 57.3 cm³/mol. The van der Waals surface area contributed by atoms with E-state index < -0.39 is 0 Å². The van der Waals surface area contributed by atoms with E-state index >= 15 is 0 Å². The van der Waals surface area contributed by atoms with Gasteiger partial charge in [0.05, 0.1) is 18.2 Å². The van der Waals surface area contributed by atoms with Crippen LogP contribution in [0.1, 0.15) is 11.4 Å². The summed E-state index contributed by atoms with van der Waals surface area (Å²) in [6.45, 7) is 0.489. The Hall–Kier alpha value is -2.42. The summed E-state index contributed by atoms with van der Waals surface area (Å²) in [4.78, 5) is 8.15. The van der Waals surface area contributed by atoms with Crippen LogP contribution in [-0.4, -0.2) is 19.7 Å². The number of rotatable bonds is 3. The van der Waals surface area contributed by atoms with Crippen LogP contribution in [0.4, 0.5) is 5.82 Å². The van der Waals surface area contributed by atoms with Gasteiger partial charge in [-0.05, 0) is 12.1 Å². The lowest BCUT2D eigenvalue weighted by Crippen LogP contribution is -2.03. The van der Waals surface area contributed by atoms with Crippen molar-refractivity contribution < 1.29 is 0 Å². The van der Waals surface area contributed by atoms with E-state index in [-0.39, 0.29) is 0 Å². The number of anilines is 1. The Morgan fingerprint density at radius 3 is 3.06 bits per heavy atom. The molecule has 0 saturated carbocycles. The van der Waals surface area contributed by atoms with Gasteiger partial charge in [0, 0.05) is 13.2 Å².